The molecule has 0 nitrogen and oxygen atoms in total. The van der Waals surface area contributed by atoms with Gasteiger partial charge < -0.3 is 0 Å². The number of halogens is 1. The molecular weight excluding hydrogens is 499 g/mol. The Morgan fingerprint density at radius 2 is 1.20 bits per heavy atom. The van der Waals surface area contributed by atoms with Crippen molar-refractivity contribution in [3.63, 3.8) is 0 Å². The van der Waals surface area contributed by atoms with Crippen molar-refractivity contribution in [3.05, 3.63) is 76.6 Å². The lowest BCUT2D eigenvalue weighted by Crippen LogP contribution is -2.15. The molecule has 1 heteroatoms. The van der Waals surface area contributed by atoms with E-state index in [0.29, 0.717) is 11.8 Å². The second-order valence-electron chi connectivity index (χ2n) is 14.0. The van der Waals surface area contributed by atoms with Gasteiger partial charge in [-0.15, -0.1) is 0 Å². The van der Waals surface area contributed by atoms with Crippen molar-refractivity contribution in [1.82, 2.24) is 0 Å². The summed E-state index contributed by atoms with van der Waals surface area (Å²) >= 11 is 0. The minimum absolute atomic E-state index is 0.0530. The number of allylic oxidation sites excluding steroid dienone is 2. The van der Waals surface area contributed by atoms with Crippen molar-refractivity contribution in [2.24, 2.45) is 11.8 Å². The molecule has 41 heavy (non-hydrogen) atoms. The Kier molecular flexibility index (Phi) is 11.6. The van der Waals surface area contributed by atoms with Gasteiger partial charge in [-0.3, -0.25) is 0 Å². The molecule has 2 aromatic carbocycles. The molecule has 0 aliphatic heterocycles. The lowest BCUT2D eigenvalue weighted by atomic mass is 9.76. The van der Waals surface area contributed by atoms with Gasteiger partial charge in [0, 0.05) is 0 Å². The van der Waals surface area contributed by atoms with Gasteiger partial charge in [0.2, 0.25) is 0 Å². The normalized spacial score (nSPS) is 27.0. The number of rotatable bonds is 12. The minimum atomic E-state index is 0.0530. The molecule has 0 heterocycles. The predicted molar refractivity (Wildman–Crippen MR) is 175 cm³/mol. The lowest BCUT2D eigenvalue weighted by molar-refractivity contribution is 0.299. The van der Waals surface area contributed by atoms with Gasteiger partial charge in [0.1, 0.15) is 5.82 Å². The monoisotopic (exact) mass is 556 g/mol. The summed E-state index contributed by atoms with van der Waals surface area (Å²) < 4.78 is 15.3. The predicted octanol–water partition coefficient (Wildman–Crippen LogP) is 12.9. The van der Waals surface area contributed by atoms with E-state index >= 15 is 4.39 Å². The highest BCUT2D eigenvalue weighted by Gasteiger charge is 2.26. The first-order valence-electron chi connectivity index (χ1n) is 17.7. The molecule has 0 spiro atoms. The van der Waals surface area contributed by atoms with Crippen molar-refractivity contribution in [2.45, 2.75) is 154 Å². The first-order chi connectivity index (χ1) is 20.1. The molecule has 0 N–H and O–H groups in total. The van der Waals surface area contributed by atoms with E-state index < -0.39 is 0 Å². The third-order valence-electron chi connectivity index (χ3n) is 11.2. The van der Waals surface area contributed by atoms with E-state index in [1.54, 1.807) is 5.56 Å². The maximum absolute atomic E-state index is 15.3. The van der Waals surface area contributed by atoms with Crippen molar-refractivity contribution in [2.75, 3.05) is 0 Å². The Labute approximate surface area is 251 Å². The van der Waals surface area contributed by atoms with Gasteiger partial charge in [-0.05, 0) is 134 Å². The van der Waals surface area contributed by atoms with E-state index in [0.717, 1.165) is 42.6 Å². The van der Waals surface area contributed by atoms with Crippen molar-refractivity contribution >= 4 is 5.57 Å². The molecule has 224 valence electrons. The average molecular weight is 557 g/mol. The summed E-state index contributed by atoms with van der Waals surface area (Å²) in [6, 6.07) is 15.9. The minimum Gasteiger partial charge on any atom is -0.207 e. The van der Waals surface area contributed by atoms with Gasteiger partial charge in [0.25, 0.3) is 0 Å². The second kappa shape index (κ2) is 15.5. The van der Waals surface area contributed by atoms with Gasteiger partial charge in [-0.25, -0.2) is 4.39 Å². The molecule has 0 bridgehead atoms. The first kappa shape index (κ1) is 30.6. The van der Waals surface area contributed by atoms with Crippen molar-refractivity contribution < 1.29 is 4.39 Å². The van der Waals surface area contributed by atoms with Gasteiger partial charge in [-0.1, -0.05) is 108 Å². The first-order valence-corrected chi connectivity index (χ1v) is 17.7. The van der Waals surface area contributed by atoms with Crippen LogP contribution in [-0.4, -0.2) is 0 Å². The van der Waals surface area contributed by atoms with E-state index in [9.17, 15) is 0 Å². The third kappa shape index (κ3) is 8.36. The zero-order valence-corrected chi connectivity index (χ0v) is 26.3. The number of hydrogen-bond acceptors (Lipinski definition) is 0. The standard InChI is InChI=1S/C40H57F/c1-3-5-7-9-30-11-15-32(16-12-30)33-19-21-34(22-20-33)35-23-25-36(26-24-35)38-27-28-39(40(41)29-38)37-17-13-31(14-18-37)10-8-6-4-2/h19-23,27-32,36-37H,3-18,24-26H2,1-2H3. The molecule has 0 aromatic heterocycles. The highest BCUT2D eigenvalue weighted by molar-refractivity contribution is 5.67. The van der Waals surface area contributed by atoms with Crippen LogP contribution in [0, 0.1) is 17.7 Å². The van der Waals surface area contributed by atoms with Gasteiger partial charge in [0.05, 0.1) is 0 Å². The topological polar surface area (TPSA) is 0 Å². The Balaban J connectivity index is 1.10. The van der Waals surface area contributed by atoms with E-state index in [1.165, 1.54) is 119 Å². The Bertz CT molecular complexity index is 1080. The summed E-state index contributed by atoms with van der Waals surface area (Å²) in [5, 5.41) is 0. The summed E-state index contributed by atoms with van der Waals surface area (Å²) in [6.45, 7) is 4.59. The fourth-order valence-corrected chi connectivity index (χ4v) is 8.41. The molecular formula is C40H57F. The Hall–Kier alpha value is -1.89. The fraction of sp³-hybridized carbons (Fsp3) is 0.650. The number of unbranched alkanes of at least 4 members (excludes halogenated alkanes) is 4. The van der Waals surface area contributed by atoms with E-state index in [1.807, 2.05) is 6.07 Å². The van der Waals surface area contributed by atoms with Crippen LogP contribution in [0.2, 0.25) is 0 Å². The van der Waals surface area contributed by atoms with Crippen LogP contribution in [0.15, 0.2) is 48.5 Å². The largest absolute Gasteiger partial charge is 0.207 e. The summed E-state index contributed by atoms with van der Waals surface area (Å²) in [4.78, 5) is 0. The third-order valence-corrected chi connectivity index (χ3v) is 11.2. The van der Waals surface area contributed by atoms with Crippen LogP contribution >= 0.6 is 0 Å². The maximum Gasteiger partial charge on any atom is 0.126 e. The van der Waals surface area contributed by atoms with E-state index in [-0.39, 0.29) is 5.82 Å². The van der Waals surface area contributed by atoms with E-state index in [4.69, 9.17) is 0 Å². The van der Waals surface area contributed by atoms with E-state index in [2.05, 4.69) is 56.3 Å². The maximum atomic E-state index is 15.3. The van der Waals surface area contributed by atoms with Crippen molar-refractivity contribution in [1.29, 1.82) is 0 Å². The molecule has 0 amide bonds. The second-order valence-corrected chi connectivity index (χ2v) is 14.0. The smallest absolute Gasteiger partial charge is 0.126 e. The van der Waals surface area contributed by atoms with Crippen LogP contribution in [0.3, 0.4) is 0 Å². The van der Waals surface area contributed by atoms with Crippen LogP contribution < -0.4 is 0 Å². The van der Waals surface area contributed by atoms with Crippen molar-refractivity contribution in [3.8, 4) is 0 Å². The Morgan fingerprint density at radius 1 is 0.610 bits per heavy atom. The molecule has 3 aliphatic carbocycles. The SMILES string of the molecule is CCCCCC1CCC(c2ccc(C3=CCC(c4ccc(C5CCC(CCCCC)CC5)c(F)c4)CC3)cc2)CC1. The van der Waals surface area contributed by atoms with Gasteiger partial charge in [0.15, 0.2) is 0 Å². The van der Waals surface area contributed by atoms with Gasteiger partial charge >= 0.3 is 0 Å². The summed E-state index contributed by atoms with van der Waals surface area (Å²) in [5.74, 6) is 3.53. The summed E-state index contributed by atoms with van der Waals surface area (Å²) in [7, 11) is 0. The van der Waals surface area contributed by atoms with Crippen LogP contribution in [0.25, 0.3) is 5.57 Å². The highest BCUT2D eigenvalue weighted by Crippen LogP contribution is 2.42. The summed E-state index contributed by atoms with van der Waals surface area (Å²) in [5.41, 5.74) is 6.62. The molecule has 1 atom stereocenters. The van der Waals surface area contributed by atoms with Crippen LogP contribution in [0.1, 0.15) is 176 Å². The Morgan fingerprint density at radius 3 is 1.73 bits per heavy atom. The zero-order chi connectivity index (χ0) is 28.4. The number of benzene rings is 2. The van der Waals surface area contributed by atoms with Crippen LogP contribution in [0.5, 0.6) is 0 Å². The quantitative estimate of drug-likeness (QED) is 0.228. The fourth-order valence-electron chi connectivity index (χ4n) is 8.41. The average Bonchev–Trinajstić information content (AvgIpc) is 3.02. The molecule has 0 saturated heterocycles. The molecule has 5 rings (SSSR count). The van der Waals surface area contributed by atoms with Crippen LogP contribution in [-0.2, 0) is 0 Å². The van der Waals surface area contributed by atoms with Crippen LogP contribution in [0.4, 0.5) is 4.39 Å². The summed E-state index contributed by atoms with van der Waals surface area (Å²) in [6.07, 6.45) is 27.2. The molecule has 2 fully saturated rings. The molecule has 1 unspecified atom stereocenters. The highest BCUT2D eigenvalue weighted by atomic mass is 19.1. The molecule has 2 saturated carbocycles. The molecule has 0 radical (unpaired) electrons. The van der Waals surface area contributed by atoms with Gasteiger partial charge in [-0.2, -0.15) is 0 Å². The molecule has 2 aromatic rings. The number of hydrogen-bond donors (Lipinski definition) is 0. The zero-order valence-electron chi connectivity index (χ0n) is 26.3. The lowest BCUT2D eigenvalue weighted by Gasteiger charge is -2.30. The molecule has 3 aliphatic rings.